The van der Waals surface area contributed by atoms with Crippen molar-refractivity contribution in [2.24, 2.45) is 5.73 Å². The quantitative estimate of drug-likeness (QED) is 0.755. The van der Waals surface area contributed by atoms with E-state index in [1.807, 2.05) is 0 Å². The standard InChI is InChI=1S/C15H10ClN3O2/c16-13-6-5-11(15(17)21)14-12(13)7-19(18-14)10-3-1-9(8-20)2-4-10/h1-8H,(H2,17,21). The van der Waals surface area contributed by atoms with Crippen LogP contribution in [0.1, 0.15) is 20.7 Å². The van der Waals surface area contributed by atoms with E-state index in [9.17, 15) is 9.59 Å². The minimum Gasteiger partial charge on any atom is -0.366 e. The van der Waals surface area contributed by atoms with Crippen LogP contribution in [0.25, 0.3) is 16.6 Å². The summed E-state index contributed by atoms with van der Waals surface area (Å²) < 4.78 is 1.59. The summed E-state index contributed by atoms with van der Waals surface area (Å²) in [6.45, 7) is 0. The summed E-state index contributed by atoms with van der Waals surface area (Å²) in [4.78, 5) is 22.1. The van der Waals surface area contributed by atoms with Crippen molar-refractivity contribution in [3.05, 3.63) is 58.7 Å². The van der Waals surface area contributed by atoms with Crippen molar-refractivity contribution < 1.29 is 9.59 Å². The molecule has 0 aliphatic rings. The molecule has 0 aliphatic carbocycles. The fourth-order valence-electron chi connectivity index (χ4n) is 2.11. The molecule has 3 rings (SSSR count). The Morgan fingerprint density at radius 2 is 1.90 bits per heavy atom. The zero-order valence-electron chi connectivity index (χ0n) is 10.8. The molecule has 0 saturated heterocycles. The average Bonchev–Trinajstić information content (AvgIpc) is 2.93. The number of benzene rings is 2. The first-order chi connectivity index (χ1) is 10.1. The number of fused-ring (bicyclic) bond motifs is 1. The van der Waals surface area contributed by atoms with Crippen LogP contribution in [0.2, 0.25) is 5.02 Å². The molecule has 1 heterocycles. The maximum atomic E-state index is 11.4. The van der Waals surface area contributed by atoms with Crippen molar-refractivity contribution in [3.63, 3.8) is 0 Å². The second-order valence-electron chi connectivity index (χ2n) is 4.50. The molecule has 5 nitrogen and oxygen atoms in total. The lowest BCUT2D eigenvalue weighted by atomic mass is 10.1. The number of hydrogen-bond donors (Lipinski definition) is 1. The van der Waals surface area contributed by atoms with E-state index < -0.39 is 5.91 Å². The second-order valence-corrected chi connectivity index (χ2v) is 4.91. The summed E-state index contributed by atoms with van der Waals surface area (Å²) >= 11 is 6.13. The maximum absolute atomic E-state index is 11.4. The molecule has 0 bridgehead atoms. The molecule has 1 aromatic heterocycles. The van der Waals surface area contributed by atoms with Crippen molar-refractivity contribution >= 4 is 34.7 Å². The molecule has 2 N–H and O–H groups in total. The third-order valence-electron chi connectivity index (χ3n) is 3.18. The van der Waals surface area contributed by atoms with Crippen LogP contribution >= 0.6 is 11.6 Å². The van der Waals surface area contributed by atoms with Gasteiger partial charge in [0.25, 0.3) is 5.91 Å². The van der Waals surface area contributed by atoms with Crippen molar-refractivity contribution in [1.29, 1.82) is 0 Å². The molecule has 0 unspecified atom stereocenters. The zero-order chi connectivity index (χ0) is 15.0. The highest BCUT2D eigenvalue weighted by Crippen LogP contribution is 2.26. The summed E-state index contributed by atoms with van der Waals surface area (Å²) in [5, 5.41) is 5.50. The molecule has 0 atom stereocenters. The van der Waals surface area contributed by atoms with Gasteiger partial charge in [0, 0.05) is 17.1 Å². The summed E-state index contributed by atoms with van der Waals surface area (Å²) in [5.41, 5.74) is 7.44. The Kier molecular flexibility index (Phi) is 3.19. The highest BCUT2D eigenvalue weighted by Gasteiger charge is 2.13. The van der Waals surface area contributed by atoms with E-state index in [1.165, 1.54) is 0 Å². The summed E-state index contributed by atoms with van der Waals surface area (Å²) in [7, 11) is 0. The summed E-state index contributed by atoms with van der Waals surface area (Å²) in [5.74, 6) is -0.557. The number of aldehydes is 1. The van der Waals surface area contributed by atoms with Crippen LogP contribution in [-0.2, 0) is 0 Å². The van der Waals surface area contributed by atoms with Gasteiger partial charge in [-0.1, -0.05) is 11.6 Å². The Morgan fingerprint density at radius 1 is 1.19 bits per heavy atom. The Bertz CT molecular complexity index is 853. The largest absolute Gasteiger partial charge is 0.366 e. The van der Waals surface area contributed by atoms with Crippen LogP contribution in [0, 0.1) is 0 Å². The van der Waals surface area contributed by atoms with E-state index in [2.05, 4.69) is 5.10 Å². The van der Waals surface area contributed by atoms with Gasteiger partial charge in [0.15, 0.2) is 0 Å². The fraction of sp³-hybridized carbons (Fsp3) is 0. The molecule has 2 aromatic carbocycles. The van der Waals surface area contributed by atoms with Crippen LogP contribution < -0.4 is 5.73 Å². The number of carbonyl (C=O) groups excluding carboxylic acids is 2. The predicted octanol–water partition coefficient (Wildman–Crippen LogP) is 2.59. The van der Waals surface area contributed by atoms with Gasteiger partial charge in [-0.25, -0.2) is 4.68 Å². The van der Waals surface area contributed by atoms with Gasteiger partial charge in [0.2, 0.25) is 0 Å². The Labute approximate surface area is 124 Å². The van der Waals surface area contributed by atoms with E-state index in [4.69, 9.17) is 17.3 Å². The lowest BCUT2D eigenvalue weighted by Gasteiger charge is -2.00. The normalized spacial score (nSPS) is 10.7. The first kappa shape index (κ1) is 13.3. The molecule has 3 aromatic rings. The van der Waals surface area contributed by atoms with Gasteiger partial charge in [-0.3, -0.25) is 9.59 Å². The highest BCUT2D eigenvalue weighted by atomic mass is 35.5. The van der Waals surface area contributed by atoms with Crippen molar-refractivity contribution in [2.75, 3.05) is 0 Å². The van der Waals surface area contributed by atoms with E-state index in [0.717, 1.165) is 12.0 Å². The lowest BCUT2D eigenvalue weighted by molar-refractivity contribution is 0.100. The van der Waals surface area contributed by atoms with Gasteiger partial charge in [-0.2, -0.15) is 5.10 Å². The number of halogens is 1. The third kappa shape index (κ3) is 2.28. The van der Waals surface area contributed by atoms with E-state index in [1.54, 1.807) is 47.3 Å². The topological polar surface area (TPSA) is 78.0 Å². The lowest BCUT2D eigenvalue weighted by Crippen LogP contribution is -2.11. The first-order valence-electron chi connectivity index (χ1n) is 6.13. The van der Waals surface area contributed by atoms with Crippen LogP contribution in [0.3, 0.4) is 0 Å². The van der Waals surface area contributed by atoms with Crippen LogP contribution in [-0.4, -0.2) is 22.0 Å². The number of nitrogens with two attached hydrogens (primary N) is 1. The molecule has 0 radical (unpaired) electrons. The van der Waals surface area contributed by atoms with Crippen LogP contribution in [0.15, 0.2) is 42.6 Å². The van der Waals surface area contributed by atoms with Gasteiger partial charge in [0.1, 0.15) is 11.8 Å². The Morgan fingerprint density at radius 3 is 2.52 bits per heavy atom. The molecule has 1 amide bonds. The molecule has 21 heavy (non-hydrogen) atoms. The van der Waals surface area contributed by atoms with E-state index >= 15 is 0 Å². The van der Waals surface area contributed by atoms with Gasteiger partial charge >= 0.3 is 0 Å². The molecule has 6 heteroatoms. The molecular weight excluding hydrogens is 290 g/mol. The van der Waals surface area contributed by atoms with Gasteiger partial charge in [0.05, 0.1) is 16.3 Å². The minimum atomic E-state index is -0.557. The molecule has 0 spiro atoms. The molecule has 0 aliphatic heterocycles. The molecular formula is C15H10ClN3O2. The van der Waals surface area contributed by atoms with E-state index in [-0.39, 0.29) is 0 Å². The first-order valence-corrected chi connectivity index (χ1v) is 6.51. The highest BCUT2D eigenvalue weighted by molar-refractivity contribution is 6.36. The molecule has 0 fully saturated rings. The Balaban J connectivity index is 2.20. The fourth-order valence-corrected chi connectivity index (χ4v) is 2.31. The number of amides is 1. The average molecular weight is 300 g/mol. The molecule has 0 saturated carbocycles. The van der Waals surface area contributed by atoms with Gasteiger partial charge in [-0.15, -0.1) is 0 Å². The smallest absolute Gasteiger partial charge is 0.250 e. The SMILES string of the molecule is NC(=O)c1ccc(Cl)c2cn(-c3ccc(C=O)cc3)nc12. The van der Waals surface area contributed by atoms with Gasteiger partial charge in [-0.05, 0) is 36.4 Å². The maximum Gasteiger partial charge on any atom is 0.250 e. The van der Waals surface area contributed by atoms with Crippen LogP contribution in [0.4, 0.5) is 0 Å². The number of carbonyl (C=O) groups is 2. The monoisotopic (exact) mass is 299 g/mol. The zero-order valence-corrected chi connectivity index (χ0v) is 11.5. The number of nitrogens with zero attached hydrogens (tertiary/aromatic N) is 2. The summed E-state index contributed by atoms with van der Waals surface area (Å²) in [6, 6.07) is 10.1. The molecule has 104 valence electrons. The van der Waals surface area contributed by atoms with Crippen molar-refractivity contribution in [3.8, 4) is 5.69 Å². The second kappa shape index (κ2) is 5.03. The summed E-state index contributed by atoms with van der Waals surface area (Å²) in [6.07, 6.45) is 2.49. The Hall–Kier alpha value is -2.66. The number of rotatable bonds is 3. The van der Waals surface area contributed by atoms with Crippen molar-refractivity contribution in [2.45, 2.75) is 0 Å². The third-order valence-corrected chi connectivity index (χ3v) is 3.51. The number of primary amides is 1. The number of hydrogen-bond acceptors (Lipinski definition) is 3. The van der Waals surface area contributed by atoms with Crippen molar-refractivity contribution in [1.82, 2.24) is 9.78 Å². The van der Waals surface area contributed by atoms with Gasteiger partial charge < -0.3 is 5.73 Å². The van der Waals surface area contributed by atoms with Crippen LogP contribution in [0.5, 0.6) is 0 Å². The minimum absolute atomic E-state index is 0.317. The number of aromatic nitrogens is 2. The predicted molar refractivity (Wildman–Crippen MR) is 80.0 cm³/mol. The van der Waals surface area contributed by atoms with E-state index in [0.29, 0.717) is 27.1 Å².